The average Bonchev–Trinajstić information content (AvgIpc) is 2.41. The van der Waals surface area contributed by atoms with E-state index in [-0.39, 0.29) is 5.56 Å². The van der Waals surface area contributed by atoms with Crippen LogP contribution in [0.3, 0.4) is 0 Å². The highest BCUT2D eigenvalue weighted by molar-refractivity contribution is 6.30. The number of rotatable bonds is 2. The average molecular weight is 322 g/mol. The fourth-order valence-electron chi connectivity index (χ4n) is 1.97. The first kappa shape index (κ1) is 15.7. The van der Waals surface area contributed by atoms with Gasteiger partial charge < -0.3 is 5.73 Å². The second-order valence-electron chi connectivity index (χ2n) is 4.35. The second kappa shape index (κ2) is 5.61. The lowest BCUT2D eigenvalue weighted by Gasteiger charge is -2.19. The van der Waals surface area contributed by atoms with Gasteiger partial charge in [-0.3, -0.25) is 0 Å². The third kappa shape index (κ3) is 3.16. The van der Waals surface area contributed by atoms with Gasteiger partial charge in [0, 0.05) is 5.56 Å². The van der Waals surface area contributed by atoms with Crippen molar-refractivity contribution in [2.45, 2.75) is 12.2 Å². The normalized spacial score (nSPS) is 13.3. The van der Waals surface area contributed by atoms with Crippen LogP contribution in [0.5, 0.6) is 0 Å². The fraction of sp³-hybridized carbons (Fsp3) is 0.143. The maximum Gasteiger partial charge on any atom is 0.416 e. The molecule has 0 aliphatic carbocycles. The molecule has 2 rings (SSSR count). The predicted octanol–water partition coefficient (Wildman–Crippen LogP) is 4.69. The van der Waals surface area contributed by atoms with E-state index in [0.29, 0.717) is 12.1 Å². The third-order valence-corrected chi connectivity index (χ3v) is 3.27. The molecule has 0 fully saturated rings. The molecule has 2 aromatic carbocycles. The zero-order valence-corrected chi connectivity index (χ0v) is 11.1. The van der Waals surface area contributed by atoms with Gasteiger partial charge in [-0.05, 0) is 23.8 Å². The molecule has 0 aliphatic heterocycles. The third-order valence-electron chi connectivity index (χ3n) is 2.98. The highest BCUT2D eigenvalue weighted by Gasteiger charge is 2.35. The molecular formula is C14H9ClF5N. The summed E-state index contributed by atoms with van der Waals surface area (Å²) in [6.07, 6.45) is -4.64. The number of benzene rings is 2. The first-order valence-corrected chi connectivity index (χ1v) is 6.15. The highest BCUT2D eigenvalue weighted by Crippen LogP contribution is 2.36. The van der Waals surface area contributed by atoms with Crippen LogP contribution in [0.4, 0.5) is 22.0 Å². The molecule has 0 heterocycles. The molecule has 21 heavy (non-hydrogen) atoms. The van der Waals surface area contributed by atoms with Crippen LogP contribution in [0.1, 0.15) is 22.7 Å². The summed E-state index contributed by atoms with van der Waals surface area (Å²) < 4.78 is 65.9. The van der Waals surface area contributed by atoms with Gasteiger partial charge in [0.05, 0.1) is 16.6 Å². The predicted molar refractivity (Wildman–Crippen MR) is 68.8 cm³/mol. The molecule has 0 aliphatic rings. The largest absolute Gasteiger partial charge is 0.416 e. The minimum atomic E-state index is -4.64. The van der Waals surface area contributed by atoms with Crippen molar-refractivity contribution >= 4 is 11.6 Å². The van der Waals surface area contributed by atoms with Gasteiger partial charge in [-0.1, -0.05) is 29.8 Å². The van der Waals surface area contributed by atoms with Gasteiger partial charge in [0.25, 0.3) is 0 Å². The van der Waals surface area contributed by atoms with Crippen LogP contribution in [-0.2, 0) is 6.18 Å². The van der Waals surface area contributed by atoms with Crippen LogP contribution in [0.25, 0.3) is 0 Å². The summed E-state index contributed by atoms with van der Waals surface area (Å²) in [5.41, 5.74) is 3.95. The molecule has 1 nitrogen and oxygen atoms in total. The Labute approximate surface area is 122 Å². The summed E-state index contributed by atoms with van der Waals surface area (Å²) in [5.74, 6) is -1.92. The molecule has 2 aromatic rings. The maximum absolute atomic E-state index is 13.8. The van der Waals surface area contributed by atoms with E-state index in [1.54, 1.807) is 0 Å². The highest BCUT2D eigenvalue weighted by atomic mass is 35.5. The monoisotopic (exact) mass is 321 g/mol. The lowest BCUT2D eigenvalue weighted by molar-refractivity contribution is -0.138. The molecule has 0 bridgehead atoms. The van der Waals surface area contributed by atoms with Crippen molar-refractivity contribution in [3.05, 3.63) is 69.7 Å². The van der Waals surface area contributed by atoms with Crippen molar-refractivity contribution in [2.75, 3.05) is 0 Å². The van der Waals surface area contributed by atoms with Gasteiger partial charge in [0.15, 0.2) is 0 Å². The first-order valence-electron chi connectivity index (χ1n) is 5.78. The van der Waals surface area contributed by atoms with Crippen LogP contribution < -0.4 is 5.73 Å². The van der Waals surface area contributed by atoms with E-state index in [1.165, 1.54) is 12.1 Å². The van der Waals surface area contributed by atoms with E-state index in [9.17, 15) is 22.0 Å². The standard InChI is InChI=1S/C14H9ClF5N/c15-10-6-11(16)8(5-12(10)17)13(21)7-3-1-2-4-9(7)14(18,19)20/h1-6,13H,21H2. The SMILES string of the molecule is NC(c1cc(F)c(Cl)cc1F)c1ccccc1C(F)(F)F. The summed E-state index contributed by atoms with van der Waals surface area (Å²) in [7, 11) is 0. The quantitative estimate of drug-likeness (QED) is 0.630. The maximum atomic E-state index is 13.8. The number of hydrogen-bond donors (Lipinski definition) is 1. The Morgan fingerprint density at radius 3 is 2.19 bits per heavy atom. The van der Waals surface area contributed by atoms with E-state index in [4.69, 9.17) is 17.3 Å². The second-order valence-corrected chi connectivity index (χ2v) is 4.76. The molecule has 0 radical (unpaired) electrons. The molecular weight excluding hydrogens is 313 g/mol. The van der Waals surface area contributed by atoms with E-state index in [0.717, 1.165) is 12.1 Å². The summed E-state index contributed by atoms with van der Waals surface area (Å²) in [6, 6.07) is 4.41. The molecule has 1 atom stereocenters. The summed E-state index contributed by atoms with van der Waals surface area (Å²) >= 11 is 5.40. The van der Waals surface area contributed by atoms with Gasteiger partial charge in [0.1, 0.15) is 11.6 Å². The smallest absolute Gasteiger partial charge is 0.320 e. The molecule has 112 valence electrons. The Kier molecular flexibility index (Phi) is 4.20. The number of nitrogens with two attached hydrogens (primary N) is 1. The van der Waals surface area contributed by atoms with Gasteiger partial charge in [-0.2, -0.15) is 13.2 Å². The van der Waals surface area contributed by atoms with Crippen LogP contribution >= 0.6 is 11.6 Å². The van der Waals surface area contributed by atoms with Crippen molar-refractivity contribution in [1.29, 1.82) is 0 Å². The summed E-state index contributed by atoms with van der Waals surface area (Å²) in [5, 5.41) is -0.465. The van der Waals surface area contributed by atoms with E-state index in [1.807, 2.05) is 0 Å². The zero-order valence-electron chi connectivity index (χ0n) is 10.4. The zero-order chi connectivity index (χ0) is 15.8. The Hall–Kier alpha value is -1.66. The number of alkyl halides is 3. The molecule has 0 amide bonds. The minimum absolute atomic E-state index is 0.342. The molecule has 2 N–H and O–H groups in total. The lowest BCUT2D eigenvalue weighted by Crippen LogP contribution is -2.19. The number of halogens is 6. The molecule has 0 aromatic heterocycles. The Morgan fingerprint density at radius 1 is 0.952 bits per heavy atom. The topological polar surface area (TPSA) is 26.0 Å². The first-order chi connectivity index (χ1) is 9.71. The molecule has 0 spiro atoms. The van der Waals surface area contributed by atoms with Gasteiger partial charge in [0.2, 0.25) is 0 Å². The molecule has 0 saturated heterocycles. The van der Waals surface area contributed by atoms with Crippen LogP contribution in [-0.4, -0.2) is 0 Å². The van der Waals surface area contributed by atoms with Crippen LogP contribution in [0, 0.1) is 11.6 Å². The van der Waals surface area contributed by atoms with Gasteiger partial charge >= 0.3 is 6.18 Å². The van der Waals surface area contributed by atoms with Gasteiger partial charge in [-0.25, -0.2) is 8.78 Å². The van der Waals surface area contributed by atoms with Gasteiger partial charge in [-0.15, -0.1) is 0 Å². The Morgan fingerprint density at radius 2 is 1.57 bits per heavy atom. The molecule has 0 saturated carbocycles. The van der Waals surface area contributed by atoms with Crippen molar-refractivity contribution in [1.82, 2.24) is 0 Å². The van der Waals surface area contributed by atoms with Crippen molar-refractivity contribution in [3.8, 4) is 0 Å². The summed E-state index contributed by atoms with van der Waals surface area (Å²) in [4.78, 5) is 0. The number of hydrogen-bond acceptors (Lipinski definition) is 1. The Bertz CT molecular complexity index is 669. The van der Waals surface area contributed by atoms with Crippen LogP contribution in [0.15, 0.2) is 36.4 Å². The fourth-order valence-corrected chi connectivity index (χ4v) is 2.12. The molecule has 1 unspecified atom stereocenters. The minimum Gasteiger partial charge on any atom is -0.320 e. The van der Waals surface area contributed by atoms with Crippen molar-refractivity contribution in [2.24, 2.45) is 5.73 Å². The van der Waals surface area contributed by atoms with E-state index >= 15 is 0 Å². The van der Waals surface area contributed by atoms with Crippen molar-refractivity contribution < 1.29 is 22.0 Å². The molecule has 7 heteroatoms. The van der Waals surface area contributed by atoms with Crippen LogP contribution in [0.2, 0.25) is 5.02 Å². The Balaban J connectivity index is 2.56. The van der Waals surface area contributed by atoms with Crippen molar-refractivity contribution in [3.63, 3.8) is 0 Å². The lowest BCUT2D eigenvalue weighted by atomic mass is 9.94. The summed E-state index contributed by atoms with van der Waals surface area (Å²) in [6.45, 7) is 0. The van der Waals surface area contributed by atoms with E-state index < -0.39 is 40.0 Å². The van der Waals surface area contributed by atoms with E-state index in [2.05, 4.69) is 0 Å².